The molecule has 0 spiro atoms. The van der Waals surface area contributed by atoms with E-state index in [1.165, 1.54) is 19.3 Å². The van der Waals surface area contributed by atoms with Crippen LogP contribution in [0, 0.1) is 0 Å². The number of carbonyl (C=O) groups is 1. The van der Waals surface area contributed by atoms with Crippen molar-refractivity contribution in [1.82, 2.24) is 15.3 Å². The van der Waals surface area contributed by atoms with Gasteiger partial charge in [0.25, 0.3) is 0 Å². The van der Waals surface area contributed by atoms with Crippen molar-refractivity contribution in [3.05, 3.63) is 30.1 Å². The normalized spacial score (nSPS) is 16.6. The molecule has 2 aromatic rings. The third kappa shape index (κ3) is 2.78. The van der Waals surface area contributed by atoms with E-state index in [-0.39, 0.29) is 5.91 Å². The van der Waals surface area contributed by atoms with Crippen LogP contribution in [0.5, 0.6) is 0 Å². The molecule has 0 radical (unpaired) electrons. The molecule has 4 nitrogen and oxygen atoms in total. The number of amides is 1. The first kappa shape index (κ1) is 12.2. The van der Waals surface area contributed by atoms with Gasteiger partial charge in [-0.2, -0.15) is 0 Å². The number of carbonyl (C=O) groups excluding carboxylic acids is 1. The van der Waals surface area contributed by atoms with Gasteiger partial charge in [0.05, 0.1) is 6.42 Å². The fourth-order valence-corrected chi connectivity index (χ4v) is 2.86. The maximum Gasteiger partial charge on any atom is 0.224 e. The van der Waals surface area contributed by atoms with Gasteiger partial charge >= 0.3 is 0 Å². The van der Waals surface area contributed by atoms with Crippen LogP contribution in [0.4, 0.5) is 0 Å². The lowest BCUT2D eigenvalue weighted by atomic mass is 9.95. The van der Waals surface area contributed by atoms with Gasteiger partial charge in [0.15, 0.2) is 0 Å². The first-order valence-corrected chi connectivity index (χ1v) is 7.03. The second kappa shape index (κ2) is 5.43. The van der Waals surface area contributed by atoms with Crippen LogP contribution in [0.15, 0.2) is 24.5 Å². The summed E-state index contributed by atoms with van der Waals surface area (Å²) in [6.45, 7) is 0. The molecule has 0 aliphatic heterocycles. The standard InChI is InChI=1S/C15H19N3O/c19-14(18-12-5-2-1-3-6-12)9-11-10-17-15-13(11)7-4-8-16-15/h4,7-8,10,12H,1-3,5-6,9H2,(H,16,17)(H,18,19). The molecular weight excluding hydrogens is 238 g/mol. The summed E-state index contributed by atoms with van der Waals surface area (Å²) in [4.78, 5) is 19.4. The number of aromatic amines is 1. The Labute approximate surface area is 112 Å². The van der Waals surface area contributed by atoms with Gasteiger partial charge in [0.2, 0.25) is 5.91 Å². The van der Waals surface area contributed by atoms with Crippen molar-refractivity contribution in [3.8, 4) is 0 Å². The summed E-state index contributed by atoms with van der Waals surface area (Å²) >= 11 is 0. The molecule has 0 bridgehead atoms. The van der Waals surface area contributed by atoms with Crippen LogP contribution in [0.2, 0.25) is 0 Å². The van der Waals surface area contributed by atoms with Gasteiger partial charge in [-0.15, -0.1) is 0 Å². The number of nitrogens with zero attached hydrogens (tertiary/aromatic N) is 1. The van der Waals surface area contributed by atoms with Gasteiger partial charge in [-0.1, -0.05) is 19.3 Å². The minimum Gasteiger partial charge on any atom is -0.353 e. The third-order valence-corrected chi connectivity index (χ3v) is 3.86. The lowest BCUT2D eigenvalue weighted by Gasteiger charge is -2.22. The van der Waals surface area contributed by atoms with Crippen molar-refractivity contribution in [2.45, 2.75) is 44.6 Å². The van der Waals surface area contributed by atoms with Crippen molar-refractivity contribution in [2.75, 3.05) is 0 Å². The number of aromatic nitrogens is 2. The van der Waals surface area contributed by atoms with Crippen LogP contribution in [0.1, 0.15) is 37.7 Å². The summed E-state index contributed by atoms with van der Waals surface area (Å²) in [6.07, 6.45) is 10.1. The van der Waals surface area contributed by atoms with Crippen LogP contribution >= 0.6 is 0 Å². The Bertz CT molecular complexity index is 570. The lowest BCUT2D eigenvalue weighted by molar-refractivity contribution is -0.121. The van der Waals surface area contributed by atoms with E-state index in [0.29, 0.717) is 12.5 Å². The Kier molecular flexibility index (Phi) is 3.49. The average Bonchev–Trinajstić information content (AvgIpc) is 2.83. The first-order chi connectivity index (χ1) is 9.33. The summed E-state index contributed by atoms with van der Waals surface area (Å²) < 4.78 is 0. The molecule has 1 amide bonds. The molecule has 0 atom stereocenters. The smallest absolute Gasteiger partial charge is 0.224 e. The highest BCUT2D eigenvalue weighted by Crippen LogP contribution is 2.19. The highest BCUT2D eigenvalue weighted by molar-refractivity contribution is 5.87. The van der Waals surface area contributed by atoms with Crippen LogP contribution in [-0.4, -0.2) is 21.9 Å². The van der Waals surface area contributed by atoms with Gasteiger partial charge in [-0.05, 0) is 30.5 Å². The predicted octanol–water partition coefficient (Wildman–Crippen LogP) is 2.55. The molecule has 1 fully saturated rings. The summed E-state index contributed by atoms with van der Waals surface area (Å²) in [5, 5.41) is 4.19. The Hall–Kier alpha value is -1.84. The SMILES string of the molecule is O=C(Cc1c[nH]c2ncccc12)NC1CCCCC1. The topological polar surface area (TPSA) is 57.8 Å². The van der Waals surface area contributed by atoms with Gasteiger partial charge in [-0.3, -0.25) is 4.79 Å². The molecule has 0 aromatic carbocycles. The first-order valence-electron chi connectivity index (χ1n) is 7.03. The summed E-state index contributed by atoms with van der Waals surface area (Å²) in [5.41, 5.74) is 1.87. The van der Waals surface area contributed by atoms with Gasteiger partial charge in [0.1, 0.15) is 5.65 Å². The van der Waals surface area contributed by atoms with E-state index in [1.54, 1.807) is 6.20 Å². The number of hydrogen-bond acceptors (Lipinski definition) is 2. The zero-order valence-corrected chi connectivity index (χ0v) is 11.0. The van der Waals surface area contributed by atoms with E-state index in [2.05, 4.69) is 15.3 Å². The van der Waals surface area contributed by atoms with E-state index < -0.39 is 0 Å². The van der Waals surface area contributed by atoms with E-state index in [4.69, 9.17) is 0 Å². The lowest BCUT2D eigenvalue weighted by Crippen LogP contribution is -2.37. The number of pyridine rings is 1. The Morgan fingerprint density at radius 1 is 1.37 bits per heavy atom. The third-order valence-electron chi connectivity index (χ3n) is 3.86. The van der Waals surface area contributed by atoms with Crippen LogP contribution in [0.25, 0.3) is 11.0 Å². The molecule has 4 heteroatoms. The molecule has 0 saturated heterocycles. The number of fused-ring (bicyclic) bond motifs is 1. The van der Waals surface area contributed by atoms with Crippen LogP contribution in [0.3, 0.4) is 0 Å². The molecule has 100 valence electrons. The zero-order valence-electron chi connectivity index (χ0n) is 11.0. The van der Waals surface area contributed by atoms with Crippen LogP contribution in [-0.2, 0) is 11.2 Å². The maximum absolute atomic E-state index is 12.1. The van der Waals surface area contributed by atoms with E-state index in [0.717, 1.165) is 29.4 Å². The minimum absolute atomic E-state index is 0.122. The average molecular weight is 257 g/mol. The number of rotatable bonds is 3. The van der Waals surface area contributed by atoms with E-state index >= 15 is 0 Å². The highest BCUT2D eigenvalue weighted by Gasteiger charge is 2.16. The molecule has 3 rings (SSSR count). The molecule has 2 aromatic heterocycles. The van der Waals surface area contributed by atoms with Crippen molar-refractivity contribution in [3.63, 3.8) is 0 Å². The largest absolute Gasteiger partial charge is 0.353 e. The van der Waals surface area contributed by atoms with Crippen molar-refractivity contribution in [1.29, 1.82) is 0 Å². The van der Waals surface area contributed by atoms with Crippen molar-refractivity contribution < 1.29 is 4.79 Å². The monoisotopic (exact) mass is 257 g/mol. The number of H-pyrrole nitrogens is 1. The number of nitrogens with one attached hydrogen (secondary N) is 2. The predicted molar refractivity (Wildman–Crippen MR) is 74.8 cm³/mol. The molecule has 19 heavy (non-hydrogen) atoms. The van der Waals surface area contributed by atoms with Crippen LogP contribution < -0.4 is 5.32 Å². The zero-order chi connectivity index (χ0) is 13.1. The Morgan fingerprint density at radius 3 is 3.05 bits per heavy atom. The second-order valence-electron chi connectivity index (χ2n) is 5.29. The highest BCUT2D eigenvalue weighted by atomic mass is 16.1. The fraction of sp³-hybridized carbons (Fsp3) is 0.467. The number of hydrogen-bond donors (Lipinski definition) is 2. The molecular formula is C15H19N3O. The quantitative estimate of drug-likeness (QED) is 0.887. The molecule has 1 aliphatic carbocycles. The molecule has 2 N–H and O–H groups in total. The van der Waals surface area contributed by atoms with Crippen molar-refractivity contribution >= 4 is 16.9 Å². The molecule has 1 aliphatic rings. The molecule has 1 saturated carbocycles. The summed E-state index contributed by atoms with van der Waals surface area (Å²) in [7, 11) is 0. The maximum atomic E-state index is 12.1. The summed E-state index contributed by atoms with van der Waals surface area (Å²) in [5.74, 6) is 0.122. The van der Waals surface area contributed by atoms with E-state index in [1.807, 2.05) is 18.3 Å². The van der Waals surface area contributed by atoms with Gasteiger partial charge < -0.3 is 10.3 Å². The van der Waals surface area contributed by atoms with Gasteiger partial charge in [-0.25, -0.2) is 4.98 Å². The minimum atomic E-state index is 0.122. The Balaban J connectivity index is 1.65. The fourth-order valence-electron chi connectivity index (χ4n) is 2.86. The molecule has 2 heterocycles. The van der Waals surface area contributed by atoms with Crippen molar-refractivity contribution in [2.24, 2.45) is 0 Å². The van der Waals surface area contributed by atoms with Gasteiger partial charge in [0, 0.05) is 23.8 Å². The summed E-state index contributed by atoms with van der Waals surface area (Å²) in [6, 6.07) is 4.28. The van der Waals surface area contributed by atoms with E-state index in [9.17, 15) is 4.79 Å². The Morgan fingerprint density at radius 2 is 2.21 bits per heavy atom. The second-order valence-corrected chi connectivity index (χ2v) is 5.29. The molecule has 0 unspecified atom stereocenters.